The van der Waals surface area contributed by atoms with Crippen LogP contribution in [-0.4, -0.2) is 37.1 Å². The van der Waals surface area contributed by atoms with E-state index in [2.05, 4.69) is 15.6 Å². The highest BCUT2D eigenvalue weighted by atomic mass is 32.1. The normalized spacial score (nSPS) is 10.7. The van der Waals surface area contributed by atoms with Crippen molar-refractivity contribution in [2.24, 2.45) is 0 Å². The Morgan fingerprint density at radius 1 is 1.15 bits per heavy atom. The summed E-state index contributed by atoms with van der Waals surface area (Å²) in [6.45, 7) is 0.984. The maximum Gasteiger partial charge on any atom is 0.255 e. The first kappa shape index (κ1) is 18.0. The Kier molecular flexibility index (Phi) is 5.93. The van der Waals surface area contributed by atoms with Crippen molar-refractivity contribution in [3.8, 4) is 0 Å². The first-order chi connectivity index (χ1) is 12.7. The first-order valence-corrected chi connectivity index (χ1v) is 9.03. The Bertz CT molecular complexity index is 906. The number of fused-ring (bicyclic) bond motifs is 1. The Labute approximate surface area is 155 Å². The lowest BCUT2D eigenvalue weighted by Crippen LogP contribution is -2.28. The highest BCUT2D eigenvalue weighted by Crippen LogP contribution is 2.20. The van der Waals surface area contributed by atoms with Crippen LogP contribution in [0.4, 0.5) is 5.69 Å². The van der Waals surface area contributed by atoms with Crippen LogP contribution in [0.5, 0.6) is 0 Å². The van der Waals surface area contributed by atoms with E-state index in [9.17, 15) is 9.59 Å². The lowest BCUT2D eigenvalue weighted by Gasteiger charge is -2.07. The van der Waals surface area contributed by atoms with Crippen molar-refractivity contribution in [1.29, 1.82) is 0 Å². The minimum Gasteiger partial charge on any atom is -0.383 e. The van der Waals surface area contributed by atoms with Crippen LogP contribution >= 0.6 is 11.3 Å². The molecule has 0 unspecified atom stereocenters. The molecule has 3 aromatic rings. The molecule has 26 heavy (non-hydrogen) atoms. The molecule has 2 aromatic carbocycles. The summed E-state index contributed by atoms with van der Waals surface area (Å²) in [4.78, 5) is 28.4. The van der Waals surface area contributed by atoms with E-state index < -0.39 is 0 Å². The highest BCUT2D eigenvalue weighted by molar-refractivity contribution is 7.16. The van der Waals surface area contributed by atoms with Crippen LogP contribution in [0.25, 0.3) is 10.2 Å². The van der Waals surface area contributed by atoms with E-state index in [4.69, 9.17) is 4.74 Å². The van der Waals surface area contributed by atoms with Gasteiger partial charge in [-0.3, -0.25) is 9.59 Å². The molecule has 0 fully saturated rings. The molecule has 3 rings (SSSR count). The fraction of sp³-hybridized carbons (Fsp3) is 0.211. The molecule has 0 aliphatic heterocycles. The van der Waals surface area contributed by atoms with Crippen LogP contribution in [0.2, 0.25) is 0 Å². The van der Waals surface area contributed by atoms with E-state index >= 15 is 0 Å². The number of benzene rings is 2. The summed E-state index contributed by atoms with van der Waals surface area (Å²) < 4.78 is 5.87. The Balaban J connectivity index is 1.58. The molecule has 134 valence electrons. The third-order valence-electron chi connectivity index (χ3n) is 3.80. The van der Waals surface area contributed by atoms with E-state index in [-0.39, 0.29) is 11.8 Å². The fourth-order valence-corrected chi connectivity index (χ4v) is 3.16. The summed E-state index contributed by atoms with van der Waals surface area (Å²) in [5, 5.41) is 5.64. The number of aromatic nitrogens is 1. The van der Waals surface area contributed by atoms with Crippen molar-refractivity contribution >= 4 is 39.1 Å². The number of anilines is 1. The van der Waals surface area contributed by atoms with Gasteiger partial charge in [-0.05, 0) is 35.9 Å². The van der Waals surface area contributed by atoms with E-state index in [0.717, 1.165) is 15.8 Å². The van der Waals surface area contributed by atoms with Crippen molar-refractivity contribution in [2.75, 3.05) is 25.6 Å². The number of carbonyl (C=O) groups excluding carboxylic acids is 2. The average molecular weight is 369 g/mol. The van der Waals surface area contributed by atoms with E-state index in [1.165, 1.54) is 11.3 Å². The average Bonchev–Trinajstić information content (AvgIpc) is 3.11. The maximum atomic E-state index is 12.4. The maximum absolute atomic E-state index is 12.4. The van der Waals surface area contributed by atoms with Crippen LogP contribution < -0.4 is 10.6 Å². The van der Waals surface area contributed by atoms with Gasteiger partial charge in [0.05, 0.1) is 28.8 Å². The predicted molar refractivity (Wildman–Crippen MR) is 103 cm³/mol. The number of methoxy groups -OCH3 is 1. The van der Waals surface area contributed by atoms with Crippen molar-refractivity contribution in [3.05, 3.63) is 59.1 Å². The molecule has 0 atom stereocenters. The summed E-state index contributed by atoms with van der Waals surface area (Å²) in [5.74, 6) is -0.234. The zero-order valence-electron chi connectivity index (χ0n) is 14.3. The Morgan fingerprint density at radius 2 is 1.96 bits per heavy atom. The number of ether oxygens (including phenoxy) is 1. The molecule has 0 radical (unpaired) electrons. The number of nitrogens with zero attached hydrogens (tertiary/aromatic N) is 1. The van der Waals surface area contributed by atoms with Crippen molar-refractivity contribution in [3.63, 3.8) is 0 Å². The van der Waals surface area contributed by atoms with Gasteiger partial charge in [0.25, 0.3) is 5.91 Å². The summed E-state index contributed by atoms with van der Waals surface area (Å²) in [5.41, 5.74) is 4.80. The van der Waals surface area contributed by atoms with Gasteiger partial charge in [-0.1, -0.05) is 12.1 Å². The highest BCUT2D eigenvalue weighted by Gasteiger charge is 2.09. The number of hydrogen-bond acceptors (Lipinski definition) is 5. The van der Waals surface area contributed by atoms with E-state index in [1.807, 2.05) is 24.3 Å². The van der Waals surface area contributed by atoms with Crippen LogP contribution in [0, 0.1) is 0 Å². The van der Waals surface area contributed by atoms with Gasteiger partial charge >= 0.3 is 0 Å². The molecule has 2 amide bonds. The van der Waals surface area contributed by atoms with Gasteiger partial charge in [-0.15, -0.1) is 11.3 Å². The third-order valence-corrected chi connectivity index (χ3v) is 4.59. The number of carbonyl (C=O) groups is 2. The number of nitrogens with one attached hydrogen (secondary N) is 2. The summed E-state index contributed by atoms with van der Waals surface area (Å²) in [6.07, 6.45) is 0.292. The quantitative estimate of drug-likeness (QED) is 0.628. The topological polar surface area (TPSA) is 80.3 Å². The zero-order chi connectivity index (χ0) is 18.4. The molecule has 1 heterocycles. The summed E-state index contributed by atoms with van der Waals surface area (Å²) >= 11 is 1.50. The summed E-state index contributed by atoms with van der Waals surface area (Å²) in [7, 11) is 1.59. The van der Waals surface area contributed by atoms with Gasteiger partial charge in [0, 0.05) is 24.9 Å². The lowest BCUT2D eigenvalue weighted by molar-refractivity contribution is -0.120. The van der Waals surface area contributed by atoms with Gasteiger partial charge in [0.2, 0.25) is 5.91 Å². The molecule has 0 aliphatic carbocycles. The Morgan fingerprint density at radius 3 is 2.73 bits per heavy atom. The van der Waals surface area contributed by atoms with E-state index in [1.54, 1.807) is 30.8 Å². The SMILES string of the molecule is COCCNC(=O)Cc1ccc(NC(=O)c2ccc3ncsc3c2)cc1. The lowest BCUT2D eigenvalue weighted by atomic mass is 10.1. The predicted octanol–water partition coefficient (Wildman–Crippen LogP) is 2.85. The van der Waals surface area contributed by atoms with Gasteiger partial charge in [-0.25, -0.2) is 4.98 Å². The van der Waals surface area contributed by atoms with Gasteiger partial charge in [0.1, 0.15) is 0 Å². The monoisotopic (exact) mass is 369 g/mol. The molecule has 2 N–H and O–H groups in total. The number of thiazole rings is 1. The molecule has 1 aromatic heterocycles. The molecule has 0 bridgehead atoms. The summed E-state index contributed by atoms with van der Waals surface area (Å²) in [6, 6.07) is 12.7. The molecular weight excluding hydrogens is 350 g/mol. The van der Waals surface area contributed by atoms with Crippen molar-refractivity contribution < 1.29 is 14.3 Å². The molecule has 6 nitrogen and oxygen atoms in total. The zero-order valence-corrected chi connectivity index (χ0v) is 15.1. The largest absolute Gasteiger partial charge is 0.383 e. The van der Waals surface area contributed by atoms with Crippen LogP contribution in [0.1, 0.15) is 15.9 Å². The number of hydrogen-bond donors (Lipinski definition) is 2. The van der Waals surface area contributed by atoms with Gasteiger partial charge in [0.15, 0.2) is 0 Å². The molecular formula is C19H19N3O3S. The second-order valence-electron chi connectivity index (χ2n) is 5.71. The minimum absolute atomic E-state index is 0.0586. The first-order valence-electron chi connectivity index (χ1n) is 8.15. The Hall–Kier alpha value is -2.77. The van der Waals surface area contributed by atoms with E-state index in [0.29, 0.717) is 30.8 Å². The van der Waals surface area contributed by atoms with Crippen molar-refractivity contribution in [2.45, 2.75) is 6.42 Å². The standard InChI is InChI=1S/C19H19N3O3S/c1-25-9-8-20-18(23)10-13-2-5-15(6-3-13)22-19(24)14-4-7-16-17(11-14)26-12-21-16/h2-7,11-12H,8-10H2,1H3,(H,20,23)(H,22,24). The molecule has 0 saturated carbocycles. The molecule has 0 spiro atoms. The molecule has 0 aliphatic rings. The van der Waals surface area contributed by atoms with Crippen molar-refractivity contribution in [1.82, 2.24) is 10.3 Å². The third kappa shape index (κ3) is 4.65. The van der Waals surface area contributed by atoms with Crippen LogP contribution in [-0.2, 0) is 16.0 Å². The number of amides is 2. The second kappa shape index (κ2) is 8.55. The van der Waals surface area contributed by atoms with Gasteiger partial charge in [-0.2, -0.15) is 0 Å². The fourth-order valence-electron chi connectivity index (χ4n) is 2.45. The molecule has 7 heteroatoms. The smallest absolute Gasteiger partial charge is 0.255 e. The minimum atomic E-state index is -0.176. The molecule has 0 saturated heterocycles. The van der Waals surface area contributed by atoms with Gasteiger partial charge < -0.3 is 15.4 Å². The number of rotatable bonds is 7. The van der Waals surface area contributed by atoms with Crippen LogP contribution in [0.15, 0.2) is 48.0 Å². The van der Waals surface area contributed by atoms with Crippen LogP contribution in [0.3, 0.4) is 0 Å². The second-order valence-corrected chi connectivity index (χ2v) is 6.59.